The summed E-state index contributed by atoms with van der Waals surface area (Å²) in [6, 6.07) is 3.94. The lowest BCUT2D eigenvalue weighted by Gasteiger charge is -2.18. The van der Waals surface area contributed by atoms with Gasteiger partial charge in [0.25, 0.3) is 0 Å². The maximum atomic E-state index is 12.7. The summed E-state index contributed by atoms with van der Waals surface area (Å²) >= 11 is 0. The molecule has 0 radical (unpaired) electrons. The SMILES string of the molecule is O=S(=O)(c1cccc(C(F)(F)F)c1)N1CC2CNCC2C1. The van der Waals surface area contributed by atoms with E-state index in [1.807, 2.05) is 0 Å². The van der Waals surface area contributed by atoms with Crippen molar-refractivity contribution in [2.24, 2.45) is 11.8 Å². The van der Waals surface area contributed by atoms with Crippen LogP contribution in [0.25, 0.3) is 0 Å². The van der Waals surface area contributed by atoms with Crippen LogP contribution in [0.2, 0.25) is 0 Å². The van der Waals surface area contributed by atoms with Gasteiger partial charge in [0, 0.05) is 13.1 Å². The Kier molecular flexibility index (Phi) is 3.50. The number of nitrogens with one attached hydrogen (secondary N) is 1. The van der Waals surface area contributed by atoms with Crippen LogP contribution in [0.15, 0.2) is 29.2 Å². The average Bonchev–Trinajstić information content (AvgIpc) is 2.98. The number of halogens is 3. The summed E-state index contributed by atoms with van der Waals surface area (Å²) in [4.78, 5) is -0.287. The quantitative estimate of drug-likeness (QED) is 0.899. The lowest BCUT2D eigenvalue weighted by Crippen LogP contribution is -2.32. The molecule has 1 aromatic carbocycles. The van der Waals surface area contributed by atoms with Crippen LogP contribution in [0.1, 0.15) is 5.56 Å². The smallest absolute Gasteiger partial charge is 0.316 e. The Morgan fingerprint density at radius 1 is 1.14 bits per heavy atom. The van der Waals surface area contributed by atoms with Gasteiger partial charge in [-0.3, -0.25) is 0 Å². The largest absolute Gasteiger partial charge is 0.416 e. The van der Waals surface area contributed by atoms with Crippen molar-refractivity contribution in [1.82, 2.24) is 9.62 Å². The zero-order valence-electron chi connectivity index (χ0n) is 11.1. The number of fused-ring (bicyclic) bond motifs is 1. The number of nitrogens with zero attached hydrogens (tertiary/aromatic N) is 1. The molecule has 0 aromatic heterocycles. The van der Waals surface area contributed by atoms with Crippen LogP contribution in [0.4, 0.5) is 13.2 Å². The molecule has 2 fully saturated rings. The van der Waals surface area contributed by atoms with Crippen molar-refractivity contribution in [2.45, 2.75) is 11.1 Å². The van der Waals surface area contributed by atoms with Crippen molar-refractivity contribution in [3.05, 3.63) is 29.8 Å². The van der Waals surface area contributed by atoms with Crippen molar-refractivity contribution in [3.8, 4) is 0 Å². The van der Waals surface area contributed by atoms with Crippen molar-refractivity contribution < 1.29 is 21.6 Å². The van der Waals surface area contributed by atoms with E-state index < -0.39 is 21.8 Å². The highest BCUT2D eigenvalue weighted by atomic mass is 32.2. The molecule has 2 aliphatic heterocycles. The van der Waals surface area contributed by atoms with Crippen molar-refractivity contribution in [3.63, 3.8) is 0 Å². The van der Waals surface area contributed by atoms with Gasteiger partial charge in [-0.1, -0.05) is 6.07 Å². The zero-order valence-corrected chi connectivity index (χ0v) is 11.9. The summed E-state index contributed by atoms with van der Waals surface area (Å²) in [6.45, 7) is 2.27. The second kappa shape index (κ2) is 4.96. The molecule has 2 heterocycles. The van der Waals surface area contributed by atoms with Crippen LogP contribution in [0.3, 0.4) is 0 Å². The molecule has 1 N–H and O–H groups in total. The summed E-state index contributed by atoms with van der Waals surface area (Å²) in [5.74, 6) is 0.510. The van der Waals surface area contributed by atoms with Gasteiger partial charge >= 0.3 is 6.18 Å². The molecule has 0 amide bonds. The Morgan fingerprint density at radius 2 is 1.76 bits per heavy atom. The van der Waals surface area contributed by atoms with Gasteiger partial charge in [-0.05, 0) is 43.1 Å². The molecule has 21 heavy (non-hydrogen) atoms. The van der Waals surface area contributed by atoms with E-state index in [0.717, 1.165) is 25.2 Å². The molecule has 0 bridgehead atoms. The van der Waals surface area contributed by atoms with Gasteiger partial charge in [0.15, 0.2) is 0 Å². The van der Waals surface area contributed by atoms with Crippen LogP contribution in [0, 0.1) is 11.8 Å². The highest BCUT2D eigenvalue weighted by Gasteiger charge is 2.42. The highest BCUT2D eigenvalue weighted by molar-refractivity contribution is 7.89. The van der Waals surface area contributed by atoms with Crippen LogP contribution >= 0.6 is 0 Å². The van der Waals surface area contributed by atoms with Crippen LogP contribution in [-0.2, 0) is 16.2 Å². The molecule has 0 spiro atoms. The summed E-state index contributed by atoms with van der Waals surface area (Å²) < 4.78 is 64.4. The minimum Gasteiger partial charge on any atom is -0.316 e. The van der Waals surface area contributed by atoms with Gasteiger partial charge in [0.2, 0.25) is 10.0 Å². The molecule has 3 rings (SSSR count). The molecular formula is C13H15F3N2O2S. The minimum absolute atomic E-state index is 0.255. The molecule has 1 aromatic rings. The van der Waals surface area contributed by atoms with Gasteiger partial charge in [0.1, 0.15) is 0 Å². The molecule has 0 aliphatic carbocycles. The minimum atomic E-state index is -4.54. The van der Waals surface area contributed by atoms with E-state index in [1.165, 1.54) is 10.4 Å². The van der Waals surface area contributed by atoms with E-state index in [0.29, 0.717) is 19.2 Å². The fourth-order valence-electron chi connectivity index (χ4n) is 2.99. The van der Waals surface area contributed by atoms with Crippen LogP contribution in [-0.4, -0.2) is 38.9 Å². The molecule has 116 valence electrons. The fraction of sp³-hybridized carbons (Fsp3) is 0.538. The molecule has 2 aliphatic rings. The average molecular weight is 320 g/mol. The molecule has 2 saturated heterocycles. The van der Waals surface area contributed by atoms with Gasteiger partial charge in [-0.2, -0.15) is 17.5 Å². The summed E-state index contributed by atoms with van der Waals surface area (Å²) in [7, 11) is -3.86. The number of sulfonamides is 1. The third kappa shape index (κ3) is 2.67. The normalized spacial score (nSPS) is 27.0. The standard InChI is InChI=1S/C13H15F3N2O2S/c14-13(15,16)11-2-1-3-12(4-11)21(19,20)18-7-9-5-17-6-10(9)8-18/h1-4,9-10,17H,5-8H2. The van der Waals surface area contributed by atoms with E-state index in [-0.39, 0.29) is 16.7 Å². The Balaban J connectivity index is 1.89. The zero-order chi connectivity index (χ0) is 15.3. The van der Waals surface area contributed by atoms with E-state index in [9.17, 15) is 21.6 Å². The first-order valence-electron chi connectivity index (χ1n) is 6.66. The Hall–Kier alpha value is -1.12. The second-order valence-electron chi connectivity index (χ2n) is 5.53. The number of hydrogen-bond acceptors (Lipinski definition) is 3. The number of rotatable bonds is 2. The van der Waals surface area contributed by atoms with Gasteiger partial charge in [-0.25, -0.2) is 8.42 Å². The van der Waals surface area contributed by atoms with Crippen molar-refractivity contribution >= 4 is 10.0 Å². The Labute approximate surface area is 121 Å². The fourth-order valence-corrected chi connectivity index (χ4v) is 4.59. The molecule has 8 heteroatoms. The molecule has 0 saturated carbocycles. The monoisotopic (exact) mass is 320 g/mol. The Bertz CT molecular complexity index is 633. The predicted octanol–water partition coefficient (Wildman–Crippen LogP) is 1.55. The van der Waals surface area contributed by atoms with Crippen LogP contribution in [0.5, 0.6) is 0 Å². The third-order valence-corrected chi connectivity index (χ3v) is 5.98. The first-order valence-corrected chi connectivity index (χ1v) is 8.10. The number of alkyl halides is 3. The highest BCUT2D eigenvalue weighted by Crippen LogP contribution is 2.34. The summed E-state index contributed by atoms with van der Waals surface area (Å²) in [5.41, 5.74) is -0.940. The number of benzene rings is 1. The topological polar surface area (TPSA) is 49.4 Å². The summed E-state index contributed by atoms with van der Waals surface area (Å²) in [5, 5.41) is 3.19. The van der Waals surface area contributed by atoms with Crippen LogP contribution < -0.4 is 5.32 Å². The molecular weight excluding hydrogens is 305 g/mol. The maximum absolute atomic E-state index is 12.7. The van der Waals surface area contributed by atoms with Crippen molar-refractivity contribution in [1.29, 1.82) is 0 Å². The van der Waals surface area contributed by atoms with E-state index in [4.69, 9.17) is 0 Å². The molecule has 2 atom stereocenters. The molecule has 4 nitrogen and oxygen atoms in total. The lowest BCUT2D eigenvalue weighted by molar-refractivity contribution is -0.137. The van der Waals surface area contributed by atoms with Gasteiger partial charge in [0.05, 0.1) is 10.5 Å². The van der Waals surface area contributed by atoms with E-state index in [1.54, 1.807) is 0 Å². The van der Waals surface area contributed by atoms with Gasteiger partial charge < -0.3 is 5.32 Å². The summed E-state index contributed by atoms with van der Waals surface area (Å²) in [6.07, 6.45) is -4.54. The van der Waals surface area contributed by atoms with E-state index in [2.05, 4.69) is 5.32 Å². The first kappa shape index (κ1) is 14.8. The first-order chi connectivity index (χ1) is 9.78. The molecule has 2 unspecified atom stereocenters. The van der Waals surface area contributed by atoms with Crippen molar-refractivity contribution in [2.75, 3.05) is 26.2 Å². The van der Waals surface area contributed by atoms with Gasteiger partial charge in [-0.15, -0.1) is 0 Å². The number of hydrogen-bond donors (Lipinski definition) is 1. The maximum Gasteiger partial charge on any atom is 0.416 e. The van der Waals surface area contributed by atoms with E-state index >= 15 is 0 Å². The lowest BCUT2D eigenvalue weighted by atomic mass is 10.0. The third-order valence-electron chi connectivity index (χ3n) is 4.16. The predicted molar refractivity (Wildman–Crippen MR) is 70.1 cm³/mol. The Morgan fingerprint density at radius 3 is 2.33 bits per heavy atom. The second-order valence-corrected chi connectivity index (χ2v) is 7.46.